The number of hydrogen-bond donors (Lipinski definition) is 1. The largest absolute Gasteiger partial charge is 0.452 e. The second-order valence-corrected chi connectivity index (χ2v) is 6.92. The van der Waals surface area contributed by atoms with Crippen molar-refractivity contribution in [2.24, 2.45) is 0 Å². The first kappa shape index (κ1) is 20.5. The quantitative estimate of drug-likeness (QED) is 0.627. The molecule has 29 heavy (non-hydrogen) atoms. The van der Waals surface area contributed by atoms with Crippen molar-refractivity contribution in [3.63, 3.8) is 0 Å². The zero-order chi connectivity index (χ0) is 21.1. The molecule has 2 aromatic carbocycles. The molecule has 1 N–H and O–H groups in total. The minimum atomic E-state index is -1.01. The Bertz CT molecular complexity index is 1060. The summed E-state index contributed by atoms with van der Waals surface area (Å²) >= 11 is 5.83. The smallest absolute Gasteiger partial charge is 0.343 e. The number of rotatable bonds is 5. The number of amides is 1. The van der Waals surface area contributed by atoms with E-state index in [1.807, 2.05) is 38.1 Å². The summed E-state index contributed by atoms with van der Waals surface area (Å²) in [6, 6.07) is 11.6. The zero-order valence-corrected chi connectivity index (χ0v) is 16.9. The van der Waals surface area contributed by atoms with E-state index in [9.17, 15) is 14.0 Å². The molecule has 3 rings (SSSR count). The SMILES string of the molecule is Cc1ccc(-n2nc(C)c(NC(=O)COC(=O)c3c(F)cccc3Cl)c2C)cc1. The van der Waals surface area contributed by atoms with Gasteiger partial charge in [-0.05, 0) is 45.0 Å². The van der Waals surface area contributed by atoms with E-state index in [1.165, 1.54) is 12.1 Å². The van der Waals surface area contributed by atoms with E-state index < -0.39 is 29.9 Å². The van der Waals surface area contributed by atoms with Crippen molar-refractivity contribution in [2.75, 3.05) is 11.9 Å². The first-order chi connectivity index (χ1) is 13.8. The molecule has 6 nitrogen and oxygen atoms in total. The number of nitrogens with one attached hydrogen (secondary N) is 1. The molecule has 0 aliphatic rings. The van der Waals surface area contributed by atoms with E-state index >= 15 is 0 Å². The summed E-state index contributed by atoms with van der Waals surface area (Å²) in [6.07, 6.45) is 0. The molecule has 0 atom stereocenters. The van der Waals surface area contributed by atoms with Gasteiger partial charge < -0.3 is 10.1 Å². The van der Waals surface area contributed by atoms with Crippen molar-refractivity contribution in [1.29, 1.82) is 0 Å². The molecule has 1 aromatic heterocycles. The van der Waals surface area contributed by atoms with Crippen molar-refractivity contribution < 1.29 is 18.7 Å². The topological polar surface area (TPSA) is 73.2 Å². The third-order valence-electron chi connectivity index (χ3n) is 4.34. The Morgan fingerprint density at radius 2 is 1.83 bits per heavy atom. The Morgan fingerprint density at radius 1 is 1.14 bits per heavy atom. The molecule has 0 aliphatic carbocycles. The molecular weight excluding hydrogens is 397 g/mol. The molecule has 1 heterocycles. The highest BCUT2D eigenvalue weighted by atomic mass is 35.5. The molecule has 1 amide bonds. The molecule has 0 bridgehead atoms. The molecule has 0 radical (unpaired) electrons. The van der Waals surface area contributed by atoms with Crippen molar-refractivity contribution in [2.45, 2.75) is 20.8 Å². The number of esters is 1. The van der Waals surface area contributed by atoms with E-state index in [0.29, 0.717) is 11.4 Å². The van der Waals surface area contributed by atoms with Crippen molar-refractivity contribution in [1.82, 2.24) is 9.78 Å². The summed E-state index contributed by atoms with van der Waals surface area (Å²) in [5, 5.41) is 7.06. The standard InChI is InChI=1S/C21H19ClFN3O3/c1-12-7-9-15(10-8-12)26-14(3)20(13(2)25-26)24-18(27)11-29-21(28)19-16(22)5-4-6-17(19)23/h4-10H,11H2,1-3H3,(H,24,27). The van der Waals surface area contributed by atoms with E-state index in [0.717, 1.165) is 23.0 Å². The predicted octanol–water partition coefficient (Wildman–Crippen LogP) is 4.39. The highest BCUT2D eigenvalue weighted by Gasteiger charge is 2.20. The van der Waals surface area contributed by atoms with Gasteiger partial charge in [0.1, 0.15) is 11.4 Å². The lowest BCUT2D eigenvalue weighted by Crippen LogP contribution is -2.22. The lowest BCUT2D eigenvalue weighted by molar-refractivity contribution is -0.119. The van der Waals surface area contributed by atoms with Gasteiger partial charge in [0.05, 0.1) is 27.8 Å². The maximum Gasteiger partial charge on any atom is 0.343 e. The summed E-state index contributed by atoms with van der Waals surface area (Å²) in [6.45, 7) is 4.99. The molecule has 0 fully saturated rings. The first-order valence-electron chi connectivity index (χ1n) is 8.82. The highest BCUT2D eigenvalue weighted by Crippen LogP contribution is 2.23. The fraction of sp³-hybridized carbons (Fsp3) is 0.190. The molecule has 0 saturated carbocycles. The van der Waals surface area contributed by atoms with Crippen LogP contribution in [0.3, 0.4) is 0 Å². The molecule has 0 saturated heterocycles. The van der Waals surface area contributed by atoms with Crippen molar-refractivity contribution in [3.05, 3.63) is 75.8 Å². The summed E-state index contributed by atoms with van der Waals surface area (Å²) in [5.41, 5.74) is 3.44. The van der Waals surface area contributed by atoms with Crippen LogP contribution in [0.1, 0.15) is 27.3 Å². The lowest BCUT2D eigenvalue weighted by atomic mass is 10.2. The van der Waals surface area contributed by atoms with Crippen LogP contribution in [0, 0.1) is 26.6 Å². The van der Waals surface area contributed by atoms with Crippen molar-refractivity contribution in [3.8, 4) is 5.69 Å². The summed E-state index contributed by atoms with van der Waals surface area (Å²) in [5.74, 6) is -2.39. The zero-order valence-electron chi connectivity index (χ0n) is 16.1. The molecular formula is C21H19ClFN3O3. The normalized spacial score (nSPS) is 10.7. The number of carbonyl (C=O) groups is 2. The Kier molecular flexibility index (Phi) is 5.98. The second kappa shape index (κ2) is 8.45. The maximum absolute atomic E-state index is 13.8. The number of ether oxygens (including phenoxy) is 1. The van der Waals surface area contributed by atoms with E-state index in [-0.39, 0.29) is 5.02 Å². The van der Waals surface area contributed by atoms with Gasteiger partial charge in [0.25, 0.3) is 5.91 Å². The summed E-state index contributed by atoms with van der Waals surface area (Å²) in [4.78, 5) is 24.3. The molecule has 8 heteroatoms. The third-order valence-corrected chi connectivity index (χ3v) is 4.65. The minimum absolute atomic E-state index is 0.0820. The Balaban J connectivity index is 1.70. The minimum Gasteiger partial charge on any atom is -0.452 e. The second-order valence-electron chi connectivity index (χ2n) is 6.51. The summed E-state index contributed by atoms with van der Waals surface area (Å²) in [7, 11) is 0. The number of benzene rings is 2. The van der Waals surface area contributed by atoms with Crippen LogP contribution in [0.2, 0.25) is 5.02 Å². The van der Waals surface area contributed by atoms with Crippen LogP contribution in [0.15, 0.2) is 42.5 Å². The number of aryl methyl sites for hydroxylation is 2. The monoisotopic (exact) mass is 415 g/mol. The number of halogens is 2. The van der Waals surface area contributed by atoms with Crippen molar-refractivity contribution >= 4 is 29.2 Å². The predicted molar refractivity (Wildman–Crippen MR) is 108 cm³/mol. The number of aromatic nitrogens is 2. The number of hydrogen-bond acceptors (Lipinski definition) is 4. The van der Waals surface area contributed by atoms with Gasteiger partial charge in [-0.3, -0.25) is 4.79 Å². The van der Waals surface area contributed by atoms with Gasteiger partial charge in [0.15, 0.2) is 6.61 Å². The van der Waals surface area contributed by atoms with E-state index in [4.69, 9.17) is 16.3 Å². The van der Waals surface area contributed by atoms with Crippen LogP contribution in [-0.4, -0.2) is 28.3 Å². The number of anilines is 1. The fourth-order valence-electron chi connectivity index (χ4n) is 2.83. The highest BCUT2D eigenvalue weighted by molar-refractivity contribution is 6.33. The van der Waals surface area contributed by atoms with Crippen LogP contribution >= 0.6 is 11.6 Å². The van der Waals surface area contributed by atoms with Gasteiger partial charge in [-0.2, -0.15) is 5.10 Å². The van der Waals surface area contributed by atoms with E-state index in [1.54, 1.807) is 11.6 Å². The average molecular weight is 416 g/mol. The van der Waals surface area contributed by atoms with E-state index in [2.05, 4.69) is 10.4 Å². The third kappa shape index (κ3) is 4.46. The Morgan fingerprint density at radius 3 is 2.48 bits per heavy atom. The summed E-state index contributed by atoms with van der Waals surface area (Å²) < 4.78 is 20.4. The molecule has 0 spiro atoms. The van der Waals surface area contributed by atoms with Gasteiger partial charge in [-0.25, -0.2) is 13.9 Å². The van der Waals surface area contributed by atoms with Gasteiger partial charge in [-0.15, -0.1) is 0 Å². The first-order valence-corrected chi connectivity index (χ1v) is 9.20. The van der Waals surface area contributed by atoms with Crippen LogP contribution < -0.4 is 5.32 Å². The molecule has 3 aromatic rings. The van der Waals surface area contributed by atoms with Crippen LogP contribution in [-0.2, 0) is 9.53 Å². The fourth-order valence-corrected chi connectivity index (χ4v) is 3.07. The molecule has 0 aliphatic heterocycles. The average Bonchev–Trinajstić information content (AvgIpc) is 2.95. The van der Waals surface area contributed by atoms with Gasteiger partial charge in [-0.1, -0.05) is 35.4 Å². The number of nitrogens with zero attached hydrogens (tertiary/aromatic N) is 2. The molecule has 0 unspecified atom stereocenters. The lowest BCUT2D eigenvalue weighted by Gasteiger charge is -2.09. The van der Waals surface area contributed by atoms with Gasteiger partial charge in [0.2, 0.25) is 0 Å². The number of carbonyl (C=O) groups excluding carboxylic acids is 2. The maximum atomic E-state index is 13.8. The van der Waals surface area contributed by atoms with Crippen LogP contribution in [0.5, 0.6) is 0 Å². The van der Waals surface area contributed by atoms with Crippen LogP contribution in [0.25, 0.3) is 5.69 Å². The van der Waals surface area contributed by atoms with Gasteiger partial charge in [0, 0.05) is 0 Å². The molecule has 150 valence electrons. The Hall–Kier alpha value is -3.19. The van der Waals surface area contributed by atoms with Crippen LogP contribution in [0.4, 0.5) is 10.1 Å². The Labute approximate surface area is 172 Å². The van der Waals surface area contributed by atoms with Gasteiger partial charge >= 0.3 is 5.97 Å².